The van der Waals surface area contributed by atoms with E-state index in [4.69, 9.17) is 0 Å². The minimum absolute atomic E-state index is 0.113. The Labute approximate surface area is 166 Å². The Hall–Kier alpha value is -2.22. The third-order valence-electron chi connectivity index (χ3n) is 4.39. The summed E-state index contributed by atoms with van der Waals surface area (Å²) < 4.78 is 0. The van der Waals surface area contributed by atoms with E-state index in [0.29, 0.717) is 10.7 Å². The highest BCUT2D eigenvalue weighted by atomic mass is 32.2. The minimum Gasteiger partial charge on any atom is -0.301 e. The number of benzene rings is 1. The number of thiazole rings is 1. The summed E-state index contributed by atoms with van der Waals surface area (Å²) in [5.74, 6) is 0.747. The first-order valence-corrected chi connectivity index (χ1v) is 10.6. The van der Waals surface area contributed by atoms with Gasteiger partial charge in [-0.3, -0.25) is 15.1 Å². The molecule has 3 aromatic rings. The smallest absolute Gasteiger partial charge is 0.257 e. The lowest BCUT2D eigenvalue weighted by Crippen LogP contribution is -2.25. The number of pyridine rings is 1. The van der Waals surface area contributed by atoms with Crippen molar-refractivity contribution in [2.75, 3.05) is 18.9 Å². The van der Waals surface area contributed by atoms with Gasteiger partial charge in [0.15, 0.2) is 5.13 Å². The number of carbonyl (C=O) groups excluding carboxylic acids is 1. The van der Waals surface area contributed by atoms with Crippen LogP contribution in [0.2, 0.25) is 0 Å². The highest BCUT2D eigenvalue weighted by molar-refractivity contribution is 7.98. The molecule has 138 valence electrons. The van der Waals surface area contributed by atoms with Crippen LogP contribution in [0, 0.1) is 0 Å². The predicted molar refractivity (Wildman–Crippen MR) is 110 cm³/mol. The summed E-state index contributed by atoms with van der Waals surface area (Å²) in [4.78, 5) is 25.9. The zero-order valence-electron chi connectivity index (χ0n) is 15.0. The highest BCUT2D eigenvalue weighted by Gasteiger charge is 2.19. The molecule has 1 aliphatic heterocycles. The van der Waals surface area contributed by atoms with Crippen molar-refractivity contribution in [1.29, 1.82) is 0 Å². The van der Waals surface area contributed by atoms with E-state index in [1.54, 1.807) is 29.3 Å². The van der Waals surface area contributed by atoms with Gasteiger partial charge < -0.3 is 4.90 Å². The van der Waals surface area contributed by atoms with E-state index in [0.717, 1.165) is 35.9 Å². The second-order valence-corrected chi connectivity index (χ2v) is 8.64. The van der Waals surface area contributed by atoms with Gasteiger partial charge in [0, 0.05) is 53.0 Å². The summed E-state index contributed by atoms with van der Waals surface area (Å²) in [6.45, 7) is 1.92. The molecule has 4 rings (SSSR count). The molecule has 0 radical (unpaired) electrons. The lowest BCUT2D eigenvalue weighted by molar-refractivity contribution is 0.102. The number of aromatic nitrogens is 2. The molecule has 1 amide bonds. The number of hydrogen-bond acceptors (Lipinski definition) is 6. The monoisotopic (exact) mass is 396 g/mol. The first kappa shape index (κ1) is 18.2. The molecule has 0 atom stereocenters. The van der Waals surface area contributed by atoms with Gasteiger partial charge in [0.1, 0.15) is 0 Å². The second-order valence-electron chi connectivity index (χ2n) is 6.51. The zero-order chi connectivity index (χ0) is 18.6. The Bertz CT molecular complexity index is 925. The van der Waals surface area contributed by atoms with Crippen LogP contribution < -0.4 is 5.32 Å². The summed E-state index contributed by atoms with van der Waals surface area (Å²) in [5.41, 5.74) is 2.95. The van der Waals surface area contributed by atoms with Gasteiger partial charge in [0.05, 0.1) is 5.69 Å². The molecule has 7 heteroatoms. The predicted octanol–water partition coefficient (Wildman–Crippen LogP) is 4.07. The molecule has 1 N–H and O–H groups in total. The van der Waals surface area contributed by atoms with Crippen molar-refractivity contribution in [3.05, 3.63) is 70.5 Å². The second kappa shape index (κ2) is 8.21. The zero-order valence-corrected chi connectivity index (χ0v) is 16.6. The molecule has 3 heterocycles. The van der Waals surface area contributed by atoms with Crippen LogP contribution in [0.25, 0.3) is 0 Å². The molecule has 2 aromatic heterocycles. The molecule has 0 fully saturated rings. The third kappa shape index (κ3) is 4.55. The molecule has 27 heavy (non-hydrogen) atoms. The lowest BCUT2D eigenvalue weighted by atomic mass is 10.2. The van der Waals surface area contributed by atoms with E-state index in [9.17, 15) is 4.79 Å². The number of fused-ring (bicyclic) bond motifs is 1. The van der Waals surface area contributed by atoms with Crippen LogP contribution in [0.5, 0.6) is 0 Å². The average Bonchev–Trinajstić information content (AvgIpc) is 3.09. The molecule has 0 saturated heterocycles. The molecule has 0 spiro atoms. The van der Waals surface area contributed by atoms with Crippen LogP contribution >= 0.6 is 23.1 Å². The van der Waals surface area contributed by atoms with Crippen LogP contribution in [0.3, 0.4) is 0 Å². The molecule has 1 aliphatic rings. The van der Waals surface area contributed by atoms with Crippen LogP contribution in [0.1, 0.15) is 26.5 Å². The van der Waals surface area contributed by atoms with Crippen LogP contribution in [-0.4, -0.2) is 34.4 Å². The SMILES string of the molecule is CN1CCc2nc(NC(=O)c3ccc(SCc4cccnc4)cc3)sc2C1. The number of nitrogens with zero attached hydrogens (tertiary/aromatic N) is 3. The van der Waals surface area contributed by atoms with Gasteiger partial charge in [0.25, 0.3) is 5.91 Å². The maximum atomic E-state index is 12.5. The van der Waals surface area contributed by atoms with Crippen molar-refractivity contribution in [3.63, 3.8) is 0 Å². The molecule has 1 aromatic carbocycles. The first-order valence-electron chi connectivity index (χ1n) is 8.77. The lowest BCUT2D eigenvalue weighted by Gasteiger charge is -2.20. The number of nitrogens with one attached hydrogen (secondary N) is 1. The quantitative estimate of drug-likeness (QED) is 0.659. The van der Waals surface area contributed by atoms with E-state index in [1.165, 1.54) is 10.4 Å². The number of anilines is 1. The van der Waals surface area contributed by atoms with Crippen molar-refractivity contribution in [1.82, 2.24) is 14.9 Å². The van der Waals surface area contributed by atoms with Crippen LogP contribution in [-0.2, 0) is 18.7 Å². The molecule has 0 bridgehead atoms. The van der Waals surface area contributed by atoms with Crippen molar-refractivity contribution >= 4 is 34.1 Å². The number of likely N-dealkylation sites (N-methyl/N-ethyl adjacent to an activating group) is 1. The Morgan fingerprint density at radius 3 is 2.93 bits per heavy atom. The maximum absolute atomic E-state index is 12.5. The average molecular weight is 397 g/mol. The summed E-state index contributed by atoms with van der Waals surface area (Å²) in [5, 5.41) is 3.63. The molecular formula is C20H20N4OS2. The number of rotatable bonds is 5. The van der Waals surface area contributed by atoms with E-state index < -0.39 is 0 Å². The van der Waals surface area contributed by atoms with Gasteiger partial charge in [-0.15, -0.1) is 23.1 Å². The highest BCUT2D eigenvalue weighted by Crippen LogP contribution is 2.28. The first-order chi connectivity index (χ1) is 13.2. The van der Waals surface area contributed by atoms with Gasteiger partial charge in [0.2, 0.25) is 0 Å². The van der Waals surface area contributed by atoms with Gasteiger partial charge in [-0.2, -0.15) is 0 Å². The molecule has 5 nitrogen and oxygen atoms in total. The fraction of sp³-hybridized carbons (Fsp3) is 0.250. The van der Waals surface area contributed by atoms with E-state index in [-0.39, 0.29) is 5.91 Å². The van der Waals surface area contributed by atoms with Gasteiger partial charge in [-0.05, 0) is 42.9 Å². The molecule has 0 aliphatic carbocycles. The van der Waals surface area contributed by atoms with E-state index >= 15 is 0 Å². The van der Waals surface area contributed by atoms with E-state index in [1.807, 2.05) is 36.5 Å². The normalized spacial score (nSPS) is 14.0. The number of amides is 1. The summed E-state index contributed by atoms with van der Waals surface area (Å²) in [6, 6.07) is 11.7. The van der Waals surface area contributed by atoms with Gasteiger partial charge in [-0.25, -0.2) is 4.98 Å². The van der Waals surface area contributed by atoms with Crippen molar-refractivity contribution in [3.8, 4) is 0 Å². The van der Waals surface area contributed by atoms with Crippen LogP contribution in [0.4, 0.5) is 5.13 Å². The van der Waals surface area contributed by atoms with Crippen molar-refractivity contribution in [2.24, 2.45) is 0 Å². The number of carbonyl (C=O) groups is 1. The number of thioether (sulfide) groups is 1. The molecule has 0 unspecified atom stereocenters. The Kier molecular flexibility index (Phi) is 5.52. The Morgan fingerprint density at radius 1 is 1.30 bits per heavy atom. The largest absolute Gasteiger partial charge is 0.301 e. The third-order valence-corrected chi connectivity index (χ3v) is 6.47. The minimum atomic E-state index is -0.113. The summed E-state index contributed by atoms with van der Waals surface area (Å²) in [7, 11) is 2.11. The van der Waals surface area contributed by atoms with E-state index in [2.05, 4.69) is 33.3 Å². The summed E-state index contributed by atoms with van der Waals surface area (Å²) >= 11 is 3.31. The van der Waals surface area contributed by atoms with Crippen molar-refractivity contribution < 1.29 is 4.79 Å². The summed E-state index contributed by atoms with van der Waals surface area (Å²) in [6.07, 6.45) is 4.60. The van der Waals surface area contributed by atoms with Gasteiger partial charge in [-0.1, -0.05) is 6.07 Å². The topological polar surface area (TPSA) is 58.1 Å². The standard InChI is InChI=1S/C20H20N4OS2/c1-24-10-8-17-18(12-24)27-20(22-17)23-19(25)15-4-6-16(7-5-15)26-13-14-3-2-9-21-11-14/h2-7,9,11H,8,10,12-13H2,1H3,(H,22,23,25). The fourth-order valence-electron chi connectivity index (χ4n) is 2.90. The Morgan fingerprint density at radius 2 is 2.15 bits per heavy atom. The number of hydrogen-bond donors (Lipinski definition) is 1. The Balaban J connectivity index is 1.36. The van der Waals surface area contributed by atoms with Crippen LogP contribution in [0.15, 0.2) is 53.7 Å². The fourth-order valence-corrected chi connectivity index (χ4v) is 4.81. The maximum Gasteiger partial charge on any atom is 0.257 e. The molecule has 0 saturated carbocycles. The molecular weight excluding hydrogens is 376 g/mol. The van der Waals surface area contributed by atoms with Crippen molar-refractivity contribution in [2.45, 2.75) is 23.6 Å². The van der Waals surface area contributed by atoms with Gasteiger partial charge >= 0.3 is 0 Å².